The molecular weight excluding hydrogens is 346 g/mol. The van der Waals surface area contributed by atoms with Crippen molar-refractivity contribution in [2.24, 2.45) is 0 Å². The van der Waals surface area contributed by atoms with E-state index in [4.69, 9.17) is 9.72 Å². The van der Waals surface area contributed by atoms with E-state index in [1.54, 1.807) is 13.3 Å². The third kappa shape index (κ3) is 4.01. The van der Waals surface area contributed by atoms with Gasteiger partial charge in [0.1, 0.15) is 11.6 Å². The molecule has 0 amide bonds. The highest BCUT2D eigenvalue weighted by Gasteiger charge is 2.04. The molecule has 4 nitrogen and oxygen atoms in total. The summed E-state index contributed by atoms with van der Waals surface area (Å²) in [6.07, 6.45) is 7.79. The van der Waals surface area contributed by atoms with Gasteiger partial charge in [0.15, 0.2) is 0 Å². The Bertz CT molecular complexity index is 1110. The molecule has 0 saturated carbocycles. The zero-order valence-corrected chi connectivity index (χ0v) is 15.7. The highest BCUT2D eigenvalue weighted by atomic mass is 16.5. The Kier molecular flexibility index (Phi) is 5.29. The zero-order chi connectivity index (χ0) is 19.2. The van der Waals surface area contributed by atoms with Gasteiger partial charge in [-0.2, -0.15) is 0 Å². The topological polar surface area (TPSA) is 47.0 Å². The molecular formula is C24H21N3O. The standard InChI is InChI=1S/C24H21N3O/c1-28-23-10-3-2-7-20(23)17-26-24-14-13-21-19(8-4-9-22(21)27-24)12-11-18-6-5-15-25-16-18/h2-16H,17H2,1H3,(H,26,27). The van der Waals surface area contributed by atoms with Crippen molar-refractivity contribution in [2.45, 2.75) is 6.54 Å². The quantitative estimate of drug-likeness (QED) is 0.494. The van der Waals surface area contributed by atoms with Crippen molar-refractivity contribution in [2.75, 3.05) is 12.4 Å². The fourth-order valence-electron chi connectivity index (χ4n) is 3.12. The van der Waals surface area contributed by atoms with Crippen molar-refractivity contribution in [1.82, 2.24) is 9.97 Å². The molecule has 28 heavy (non-hydrogen) atoms. The summed E-state index contributed by atoms with van der Waals surface area (Å²) < 4.78 is 5.41. The minimum atomic E-state index is 0.656. The van der Waals surface area contributed by atoms with Crippen molar-refractivity contribution in [1.29, 1.82) is 0 Å². The highest BCUT2D eigenvalue weighted by Crippen LogP contribution is 2.23. The Balaban J connectivity index is 1.56. The number of aromatic nitrogens is 2. The molecule has 0 saturated heterocycles. The van der Waals surface area contributed by atoms with Crippen LogP contribution in [0.1, 0.15) is 16.7 Å². The third-order valence-electron chi connectivity index (χ3n) is 4.56. The number of para-hydroxylation sites is 1. The van der Waals surface area contributed by atoms with Crippen LogP contribution < -0.4 is 10.1 Å². The normalized spacial score (nSPS) is 11.0. The first-order chi connectivity index (χ1) is 13.8. The van der Waals surface area contributed by atoms with E-state index >= 15 is 0 Å². The number of hydrogen-bond donors (Lipinski definition) is 1. The molecule has 0 bridgehead atoms. The largest absolute Gasteiger partial charge is 0.496 e. The second kappa shape index (κ2) is 8.35. The van der Waals surface area contributed by atoms with Crippen LogP contribution in [0, 0.1) is 0 Å². The first-order valence-electron chi connectivity index (χ1n) is 9.17. The van der Waals surface area contributed by atoms with Gasteiger partial charge in [0.2, 0.25) is 0 Å². The minimum Gasteiger partial charge on any atom is -0.496 e. The smallest absolute Gasteiger partial charge is 0.126 e. The van der Waals surface area contributed by atoms with Crippen LogP contribution in [0.2, 0.25) is 0 Å². The number of anilines is 1. The lowest BCUT2D eigenvalue weighted by molar-refractivity contribution is 0.410. The number of hydrogen-bond acceptors (Lipinski definition) is 4. The predicted octanol–water partition coefficient (Wildman–Crippen LogP) is 5.42. The number of pyridine rings is 2. The average Bonchev–Trinajstić information content (AvgIpc) is 2.77. The molecule has 2 heterocycles. The summed E-state index contributed by atoms with van der Waals surface area (Å²) in [5.74, 6) is 1.71. The molecule has 0 spiro atoms. The molecule has 0 aliphatic heterocycles. The van der Waals surface area contributed by atoms with Gasteiger partial charge in [0.05, 0.1) is 12.6 Å². The van der Waals surface area contributed by atoms with Gasteiger partial charge in [-0.05, 0) is 41.5 Å². The molecule has 0 radical (unpaired) electrons. The summed E-state index contributed by atoms with van der Waals surface area (Å²) in [6, 6.07) is 22.2. The molecule has 0 fully saturated rings. The maximum atomic E-state index is 5.41. The first-order valence-corrected chi connectivity index (χ1v) is 9.17. The fraction of sp³-hybridized carbons (Fsp3) is 0.0833. The van der Waals surface area contributed by atoms with Crippen LogP contribution in [0.5, 0.6) is 5.75 Å². The third-order valence-corrected chi connectivity index (χ3v) is 4.56. The summed E-state index contributed by atoms with van der Waals surface area (Å²) >= 11 is 0. The number of fused-ring (bicyclic) bond motifs is 1. The maximum Gasteiger partial charge on any atom is 0.126 e. The van der Waals surface area contributed by atoms with Crippen LogP contribution in [-0.2, 0) is 6.54 Å². The molecule has 2 aromatic heterocycles. The molecule has 1 N–H and O–H groups in total. The molecule has 0 aliphatic carbocycles. The number of nitrogens with zero attached hydrogens (tertiary/aromatic N) is 2. The Morgan fingerprint density at radius 2 is 1.86 bits per heavy atom. The molecule has 4 rings (SSSR count). The van der Waals surface area contributed by atoms with E-state index < -0.39 is 0 Å². The van der Waals surface area contributed by atoms with Gasteiger partial charge in [-0.15, -0.1) is 0 Å². The molecule has 4 aromatic rings. The van der Waals surface area contributed by atoms with E-state index in [-0.39, 0.29) is 0 Å². The van der Waals surface area contributed by atoms with Crippen LogP contribution in [-0.4, -0.2) is 17.1 Å². The SMILES string of the molecule is COc1ccccc1CNc1ccc2c(C=Cc3cccnc3)cccc2n1. The van der Waals surface area contributed by atoms with Gasteiger partial charge in [-0.25, -0.2) is 4.98 Å². The van der Waals surface area contributed by atoms with E-state index in [1.807, 2.05) is 60.8 Å². The van der Waals surface area contributed by atoms with Gasteiger partial charge in [-0.3, -0.25) is 4.98 Å². The van der Waals surface area contributed by atoms with Crippen molar-refractivity contribution < 1.29 is 4.74 Å². The van der Waals surface area contributed by atoms with E-state index in [9.17, 15) is 0 Å². The second-order valence-corrected chi connectivity index (χ2v) is 6.40. The number of benzene rings is 2. The Morgan fingerprint density at radius 3 is 2.71 bits per heavy atom. The van der Waals surface area contributed by atoms with Gasteiger partial charge < -0.3 is 10.1 Å². The van der Waals surface area contributed by atoms with E-state index in [1.165, 1.54) is 0 Å². The lowest BCUT2D eigenvalue weighted by Gasteiger charge is -2.11. The number of rotatable bonds is 6. The molecule has 4 heteroatoms. The van der Waals surface area contributed by atoms with Crippen molar-refractivity contribution in [3.8, 4) is 5.75 Å². The van der Waals surface area contributed by atoms with Gasteiger partial charge in [0.25, 0.3) is 0 Å². The predicted molar refractivity (Wildman–Crippen MR) is 115 cm³/mol. The number of ether oxygens (including phenoxy) is 1. The molecule has 2 aromatic carbocycles. The monoisotopic (exact) mass is 367 g/mol. The molecule has 138 valence electrons. The maximum absolute atomic E-state index is 5.41. The van der Waals surface area contributed by atoms with E-state index in [0.29, 0.717) is 6.54 Å². The number of methoxy groups -OCH3 is 1. The van der Waals surface area contributed by atoms with Crippen molar-refractivity contribution in [3.05, 3.63) is 95.8 Å². The van der Waals surface area contributed by atoms with Crippen LogP contribution in [0.25, 0.3) is 23.1 Å². The molecule has 0 unspecified atom stereocenters. The van der Waals surface area contributed by atoms with E-state index in [0.717, 1.165) is 39.2 Å². The Labute approximate surface area is 164 Å². The molecule has 0 aliphatic rings. The minimum absolute atomic E-state index is 0.656. The van der Waals surface area contributed by atoms with Gasteiger partial charge >= 0.3 is 0 Å². The highest BCUT2D eigenvalue weighted by molar-refractivity contribution is 5.91. The Morgan fingerprint density at radius 1 is 0.929 bits per heavy atom. The Hall–Kier alpha value is -3.66. The summed E-state index contributed by atoms with van der Waals surface area (Å²) in [7, 11) is 1.69. The lowest BCUT2D eigenvalue weighted by atomic mass is 10.1. The summed E-state index contributed by atoms with van der Waals surface area (Å²) in [5, 5.41) is 4.50. The van der Waals surface area contributed by atoms with Crippen LogP contribution in [0.4, 0.5) is 5.82 Å². The zero-order valence-electron chi connectivity index (χ0n) is 15.7. The lowest BCUT2D eigenvalue weighted by Crippen LogP contribution is -2.03. The van der Waals surface area contributed by atoms with Gasteiger partial charge in [0, 0.05) is 29.9 Å². The summed E-state index contributed by atoms with van der Waals surface area (Å²) in [6.45, 7) is 0.656. The van der Waals surface area contributed by atoms with Crippen LogP contribution in [0.15, 0.2) is 79.1 Å². The summed E-state index contributed by atoms with van der Waals surface area (Å²) in [4.78, 5) is 8.91. The van der Waals surface area contributed by atoms with Crippen molar-refractivity contribution in [3.63, 3.8) is 0 Å². The average molecular weight is 367 g/mol. The summed E-state index contributed by atoms with van der Waals surface area (Å²) in [5.41, 5.74) is 4.26. The van der Waals surface area contributed by atoms with Crippen LogP contribution in [0.3, 0.4) is 0 Å². The second-order valence-electron chi connectivity index (χ2n) is 6.40. The van der Waals surface area contributed by atoms with E-state index in [2.05, 4.69) is 34.6 Å². The van der Waals surface area contributed by atoms with Gasteiger partial charge in [-0.1, -0.05) is 48.6 Å². The first kappa shape index (κ1) is 17.7. The van der Waals surface area contributed by atoms with Crippen LogP contribution >= 0.6 is 0 Å². The van der Waals surface area contributed by atoms with Crippen molar-refractivity contribution >= 4 is 28.9 Å². The fourth-order valence-corrected chi connectivity index (χ4v) is 3.12. The molecule has 0 atom stereocenters. The number of nitrogens with one attached hydrogen (secondary N) is 1.